The van der Waals surface area contributed by atoms with Crippen LogP contribution in [0, 0.1) is 5.92 Å². The number of rotatable bonds is 5. The van der Waals surface area contributed by atoms with Crippen molar-refractivity contribution < 1.29 is 10.0 Å². The first-order chi connectivity index (χ1) is 8.72. The van der Waals surface area contributed by atoms with Gasteiger partial charge in [0.2, 0.25) is 5.91 Å². The Balaban J connectivity index is 1.89. The molecule has 0 aliphatic heterocycles. The van der Waals surface area contributed by atoms with Crippen LogP contribution in [0.5, 0.6) is 0 Å². The van der Waals surface area contributed by atoms with Crippen molar-refractivity contribution in [2.24, 2.45) is 16.8 Å². The van der Waals surface area contributed by atoms with E-state index in [-0.39, 0.29) is 11.8 Å². The van der Waals surface area contributed by atoms with Crippen LogP contribution in [0.2, 0.25) is 0 Å². The van der Waals surface area contributed by atoms with Crippen LogP contribution in [0.25, 0.3) is 0 Å². The molecule has 102 valence electrons. The van der Waals surface area contributed by atoms with E-state index in [4.69, 9.17) is 10.9 Å². The number of carbonyl (C=O) groups excluding carboxylic acids is 1. The standard InChI is InChI=1S/C13H23N3O2/c14-12(15-18)8-9-16(11-6-7-11)13(17)10-4-2-1-3-5-10/h10-11,18H,1-9H2,(H2,14,15). The second kappa shape index (κ2) is 6.07. The summed E-state index contributed by atoms with van der Waals surface area (Å²) >= 11 is 0. The minimum absolute atomic E-state index is 0.206. The summed E-state index contributed by atoms with van der Waals surface area (Å²) in [7, 11) is 0. The molecule has 18 heavy (non-hydrogen) atoms. The highest BCUT2D eigenvalue weighted by Crippen LogP contribution is 2.32. The molecular weight excluding hydrogens is 230 g/mol. The van der Waals surface area contributed by atoms with Crippen LogP contribution in [0.3, 0.4) is 0 Å². The lowest BCUT2D eigenvalue weighted by atomic mass is 9.88. The highest BCUT2D eigenvalue weighted by atomic mass is 16.4. The second-order valence-electron chi connectivity index (χ2n) is 5.44. The maximum atomic E-state index is 12.5. The summed E-state index contributed by atoms with van der Waals surface area (Å²) in [6, 6.07) is 0.408. The molecule has 2 aliphatic carbocycles. The molecule has 2 fully saturated rings. The van der Waals surface area contributed by atoms with E-state index < -0.39 is 0 Å². The average molecular weight is 253 g/mol. The van der Waals surface area contributed by atoms with Gasteiger partial charge in [-0.1, -0.05) is 24.4 Å². The number of nitrogens with zero attached hydrogens (tertiary/aromatic N) is 2. The van der Waals surface area contributed by atoms with Crippen LogP contribution in [-0.2, 0) is 4.79 Å². The molecular formula is C13H23N3O2. The fourth-order valence-electron chi connectivity index (χ4n) is 2.73. The van der Waals surface area contributed by atoms with Gasteiger partial charge in [0.15, 0.2) is 0 Å². The number of amidine groups is 1. The first-order valence-corrected chi connectivity index (χ1v) is 6.99. The Bertz CT molecular complexity index is 320. The number of carbonyl (C=O) groups is 1. The number of hydrogen-bond donors (Lipinski definition) is 2. The van der Waals surface area contributed by atoms with Gasteiger partial charge in [-0.25, -0.2) is 0 Å². The molecule has 2 rings (SSSR count). The van der Waals surface area contributed by atoms with Gasteiger partial charge in [0, 0.05) is 24.9 Å². The highest BCUT2D eigenvalue weighted by Gasteiger charge is 2.35. The van der Waals surface area contributed by atoms with Crippen molar-refractivity contribution in [3.8, 4) is 0 Å². The first-order valence-electron chi connectivity index (χ1n) is 6.99. The lowest BCUT2D eigenvalue weighted by Gasteiger charge is -2.29. The minimum Gasteiger partial charge on any atom is -0.409 e. The third-order valence-electron chi connectivity index (χ3n) is 3.96. The molecule has 0 atom stereocenters. The summed E-state index contributed by atoms with van der Waals surface area (Å²) in [6.07, 6.45) is 8.35. The average Bonchev–Trinajstić information content (AvgIpc) is 3.24. The van der Waals surface area contributed by atoms with Gasteiger partial charge in [-0.05, 0) is 25.7 Å². The summed E-state index contributed by atoms with van der Waals surface area (Å²) in [4.78, 5) is 14.4. The Labute approximate surface area is 108 Å². The van der Waals surface area contributed by atoms with Crippen molar-refractivity contribution in [1.82, 2.24) is 4.90 Å². The van der Waals surface area contributed by atoms with Crippen molar-refractivity contribution in [3.05, 3.63) is 0 Å². The molecule has 0 radical (unpaired) electrons. The van der Waals surface area contributed by atoms with Crippen LogP contribution < -0.4 is 5.73 Å². The van der Waals surface area contributed by atoms with Gasteiger partial charge >= 0.3 is 0 Å². The molecule has 2 aliphatic rings. The van der Waals surface area contributed by atoms with E-state index in [1.807, 2.05) is 4.90 Å². The van der Waals surface area contributed by atoms with E-state index in [1.165, 1.54) is 19.3 Å². The lowest BCUT2D eigenvalue weighted by molar-refractivity contribution is -0.137. The van der Waals surface area contributed by atoms with Crippen LogP contribution in [0.1, 0.15) is 51.4 Å². The molecule has 0 heterocycles. The highest BCUT2D eigenvalue weighted by molar-refractivity contribution is 5.82. The predicted octanol–water partition coefficient (Wildman–Crippen LogP) is 1.69. The van der Waals surface area contributed by atoms with Crippen LogP contribution >= 0.6 is 0 Å². The molecule has 0 bridgehead atoms. The fourth-order valence-corrected chi connectivity index (χ4v) is 2.73. The first kappa shape index (κ1) is 13.2. The van der Waals surface area contributed by atoms with Crippen molar-refractivity contribution in [2.45, 2.75) is 57.4 Å². The predicted molar refractivity (Wildman–Crippen MR) is 69.3 cm³/mol. The van der Waals surface area contributed by atoms with Gasteiger partial charge in [-0.15, -0.1) is 0 Å². The maximum Gasteiger partial charge on any atom is 0.225 e. The molecule has 0 spiro atoms. The monoisotopic (exact) mass is 253 g/mol. The van der Waals surface area contributed by atoms with E-state index >= 15 is 0 Å². The number of nitrogens with two attached hydrogens (primary N) is 1. The van der Waals surface area contributed by atoms with Gasteiger partial charge in [0.25, 0.3) is 0 Å². The topological polar surface area (TPSA) is 78.9 Å². The minimum atomic E-state index is 0.206. The molecule has 0 unspecified atom stereocenters. The summed E-state index contributed by atoms with van der Waals surface area (Å²) in [5, 5.41) is 11.5. The summed E-state index contributed by atoms with van der Waals surface area (Å²) in [6.45, 7) is 0.593. The van der Waals surface area contributed by atoms with E-state index in [1.54, 1.807) is 0 Å². The van der Waals surface area contributed by atoms with E-state index in [0.717, 1.165) is 25.7 Å². The zero-order valence-electron chi connectivity index (χ0n) is 10.8. The zero-order chi connectivity index (χ0) is 13.0. The fraction of sp³-hybridized carbons (Fsp3) is 0.846. The Morgan fingerprint density at radius 1 is 1.22 bits per heavy atom. The Kier molecular flexibility index (Phi) is 4.44. The molecule has 5 heteroatoms. The van der Waals surface area contributed by atoms with Crippen LogP contribution in [-0.4, -0.2) is 34.4 Å². The largest absolute Gasteiger partial charge is 0.409 e. The smallest absolute Gasteiger partial charge is 0.225 e. The molecule has 0 aromatic carbocycles. The summed E-state index contributed by atoms with van der Waals surface area (Å²) in [5.41, 5.74) is 5.48. The number of oxime groups is 1. The van der Waals surface area contributed by atoms with Gasteiger partial charge in [-0.3, -0.25) is 4.79 Å². The summed E-state index contributed by atoms with van der Waals surface area (Å²) in [5.74, 6) is 0.715. The van der Waals surface area contributed by atoms with Crippen LogP contribution in [0.15, 0.2) is 5.16 Å². The number of amides is 1. The molecule has 1 amide bonds. The normalized spacial score (nSPS) is 21.9. The molecule has 0 saturated heterocycles. The van der Waals surface area contributed by atoms with Gasteiger partial charge in [-0.2, -0.15) is 0 Å². The summed E-state index contributed by atoms with van der Waals surface area (Å²) < 4.78 is 0. The Hall–Kier alpha value is -1.26. The Morgan fingerprint density at radius 2 is 1.89 bits per heavy atom. The molecule has 0 aromatic rings. The third-order valence-corrected chi connectivity index (χ3v) is 3.96. The molecule has 5 nitrogen and oxygen atoms in total. The van der Waals surface area contributed by atoms with E-state index in [9.17, 15) is 4.79 Å². The van der Waals surface area contributed by atoms with Gasteiger partial charge in [0.1, 0.15) is 5.84 Å². The van der Waals surface area contributed by atoms with Gasteiger partial charge in [0.05, 0.1) is 0 Å². The second-order valence-corrected chi connectivity index (χ2v) is 5.44. The van der Waals surface area contributed by atoms with Crippen molar-refractivity contribution in [3.63, 3.8) is 0 Å². The van der Waals surface area contributed by atoms with Gasteiger partial charge < -0.3 is 15.8 Å². The SMILES string of the molecule is NC(CCN(C(=O)C1CCCCC1)C1CC1)=NO. The molecule has 0 aromatic heterocycles. The van der Waals surface area contributed by atoms with E-state index in [0.29, 0.717) is 24.9 Å². The third kappa shape index (κ3) is 3.37. The Morgan fingerprint density at radius 3 is 2.44 bits per heavy atom. The van der Waals surface area contributed by atoms with Crippen molar-refractivity contribution in [1.29, 1.82) is 0 Å². The molecule has 2 saturated carbocycles. The maximum absolute atomic E-state index is 12.5. The number of hydrogen-bond acceptors (Lipinski definition) is 3. The van der Waals surface area contributed by atoms with Crippen molar-refractivity contribution in [2.75, 3.05) is 6.54 Å². The van der Waals surface area contributed by atoms with Crippen molar-refractivity contribution >= 4 is 11.7 Å². The van der Waals surface area contributed by atoms with E-state index in [2.05, 4.69) is 5.16 Å². The lowest BCUT2D eigenvalue weighted by Crippen LogP contribution is -2.40. The van der Waals surface area contributed by atoms with Crippen LogP contribution in [0.4, 0.5) is 0 Å². The quantitative estimate of drug-likeness (QED) is 0.339. The molecule has 3 N–H and O–H groups in total. The zero-order valence-corrected chi connectivity index (χ0v) is 10.8.